The van der Waals surface area contributed by atoms with Gasteiger partial charge in [0.15, 0.2) is 0 Å². The van der Waals surface area contributed by atoms with Crippen molar-refractivity contribution in [3.8, 4) is 0 Å². The molecule has 0 bridgehead atoms. The van der Waals surface area contributed by atoms with E-state index in [1.54, 1.807) is 0 Å². The van der Waals surface area contributed by atoms with Gasteiger partial charge in [0.05, 0.1) is 12.2 Å². The van der Waals surface area contributed by atoms with Crippen LogP contribution < -0.4 is 5.32 Å². The van der Waals surface area contributed by atoms with Gasteiger partial charge in [-0.05, 0) is 31.8 Å². The fraction of sp³-hybridized carbons (Fsp3) is 0.938. The van der Waals surface area contributed by atoms with Gasteiger partial charge in [-0.1, -0.05) is 41.0 Å². The summed E-state index contributed by atoms with van der Waals surface area (Å²) in [7, 11) is 0. The Hall–Kier alpha value is -0.610. The molecular weight excluding hydrogens is 250 g/mol. The van der Waals surface area contributed by atoms with E-state index in [4.69, 9.17) is 0 Å². The number of rotatable bonds is 9. The summed E-state index contributed by atoms with van der Waals surface area (Å²) in [5.74, 6) is 0.764. The van der Waals surface area contributed by atoms with Gasteiger partial charge >= 0.3 is 0 Å². The molecule has 0 saturated carbocycles. The summed E-state index contributed by atoms with van der Waals surface area (Å²) >= 11 is 0. The molecule has 0 aromatic rings. The maximum absolute atomic E-state index is 12.5. The molecule has 0 aromatic heterocycles. The van der Waals surface area contributed by atoms with Crippen LogP contribution in [-0.2, 0) is 4.79 Å². The van der Waals surface area contributed by atoms with Crippen LogP contribution in [0.2, 0.25) is 0 Å². The molecule has 0 radical (unpaired) electrons. The minimum atomic E-state index is 0.0358. The van der Waals surface area contributed by atoms with Gasteiger partial charge in [-0.2, -0.15) is 0 Å². The topological polar surface area (TPSA) is 35.6 Å². The molecule has 4 nitrogen and oxygen atoms in total. The SMILES string of the molecule is CCCC1NC(C(C)C)N(CCN(CC)CCC)C1=O. The van der Waals surface area contributed by atoms with Crippen LogP contribution in [0.25, 0.3) is 0 Å². The van der Waals surface area contributed by atoms with E-state index in [1.165, 1.54) is 6.42 Å². The van der Waals surface area contributed by atoms with E-state index in [1.807, 2.05) is 0 Å². The van der Waals surface area contributed by atoms with E-state index in [0.29, 0.717) is 11.8 Å². The van der Waals surface area contributed by atoms with Crippen molar-refractivity contribution in [2.24, 2.45) is 5.92 Å². The highest BCUT2D eigenvalue weighted by Gasteiger charge is 2.39. The van der Waals surface area contributed by atoms with Crippen LogP contribution in [0.3, 0.4) is 0 Å². The van der Waals surface area contributed by atoms with Crippen molar-refractivity contribution < 1.29 is 4.79 Å². The normalized spacial score (nSPS) is 23.4. The van der Waals surface area contributed by atoms with Crippen LogP contribution in [0.1, 0.15) is 53.9 Å². The molecular formula is C16H33N3O. The first-order chi connectivity index (χ1) is 9.54. The van der Waals surface area contributed by atoms with Gasteiger partial charge in [0.1, 0.15) is 0 Å². The molecule has 1 aliphatic heterocycles. The van der Waals surface area contributed by atoms with Crippen molar-refractivity contribution >= 4 is 5.91 Å². The predicted octanol–water partition coefficient (Wildman–Crippen LogP) is 2.30. The Morgan fingerprint density at radius 2 is 1.90 bits per heavy atom. The Morgan fingerprint density at radius 3 is 2.40 bits per heavy atom. The van der Waals surface area contributed by atoms with Crippen molar-refractivity contribution in [2.75, 3.05) is 26.2 Å². The number of nitrogens with zero attached hydrogens (tertiary/aromatic N) is 2. The first-order valence-corrected chi connectivity index (χ1v) is 8.33. The predicted molar refractivity (Wildman–Crippen MR) is 84.6 cm³/mol. The molecule has 1 N–H and O–H groups in total. The van der Waals surface area contributed by atoms with Gasteiger partial charge in [-0.15, -0.1) is 0 Å². The van der Waals surface area contributed by atoms with Crippen molar-refractivity contribution in [2.45, 2.75) is 66.1 Å². The maximum atomic E-state index is 12.5. The van der Waals surface area contributed by atoms with E-state index in [0.717, 1.165) is 39.0 Å². The Balaban J connectivity index is 2.61. The van der Waals surface area contributed by atoms with Crippen LogP contribution in [0.5, 0.6) is 0 Å². The van der Waals surface area contributed by atoms with Crippen LogP contribution in [-0.4, -0.2) is 54.1 Å². The largest absolute Gasteiger partial charge is 0.324 e. The second kappa shape index (κ2) is 8.63. The lowest BCUT2D eigenvalue weighted by Gasteiger charge is -2.30. The van der Waals surface area contributed by atoms with E-state index in [2.05, 4.69) is 49.7 Å². The fourth-order valence-corrected chi connectivity index (χ4v) is 3.00. The first-order valence-electron chi connectivity index (χ1n) is 8.33. The van der Waals surface area contributed by atoms with Crippen LogP contribution in [0.15, 0.2) is 0 Å². The molecule has 118 valence electrons. The van der Waals surface area contributed by atoms with Crippen LogP contribution in [0.4, 0.5) is 0 Å². The van der Waals surface area contributed by atoms with Gasteiger partial charge in [-0.3, -0.25) is 10.1 Å². The number of hydrogen-bond acceptors (Lipinski definition) is 3. The zero-order valence-electron chi connectivity index (χ0n) is 14.0. The van der Waals surface area contributed by atoms with Crippen molar-refractivity contribution in [3.63, 3.8) is 0 Å². The van der Waals surface area contributed by atoms with Gasteiger partial charge in [0.2, 0.25) is 5.91 Å². The van der Waals surface area contributed by atoms with Gasteiger partial charge < -0.3 is 9.80 Å². The molecule has 0 aromatic carbocycles. The van der Waals surface area contributed by atoms with E-state index in [9.17, 15) is 4.79 Å². The molecule has 0 aliphatic carbocycles. The molecule has 4 heteroatoms. The molecule has 1 fully saturated rings. The summed E-state index contributed by atoms with van der Waals surface area (Å²) < 4.78 is 0. The second-order valence-corrected chi connectivity index (χ2v) is 6.16. The number of likely N-dealkylation sites (N-methyl/N-ethyl adjacent to an activating group) is 1. The molecule has 1 heterocycles. The molecule has 1 rings (SSSR count). The third kappa shape index (κ3) is 4.45. The highest BCUT2D eigenvalue weighted by atomic mass is 16.2. The minimum Gasteiger partial charge on any atom is -0.324 e. The number of hydrogen-bond donors (Lipinski definition) is 1. The van der Waals surface area contributed by atoms with E-state index in [-0.39, 0.29) is 12.2 Å². The lowest BCUT2D eigenvalue weighted by atomic mass is 10.1. The smallest absolute Gasteiger partial charge is 0.241 e. The summed E-state index contributed by atoms with van der Waals surface area (Å²) in [5.41, 5.74) is 0. The summed E-state index contributed by atoms with van der Waals surface area (Å²) in [6, 6.07) is 0.0358. The van der Waals surface area contributed by atoms with Gasteiger partial charge in [-0.25, -0.2) is 0 Å². The summed E-state index contributed by atoms with van der Waals surface area (Å²) in [5, 5.41) is 3.52. The Labute approximate surface area is 124 Å². The summed E-state index contributed by atoms with van der Waals surface area (Å²) in [4.78, 5) is 17.0. The average Bonchev–Trinajstić information content (AvgIpc) is 2.73. The maximum Gasteiger partial charge on any atom is 0.241 e. The van der Waals surface area contributed by atoms with Crippen molar-refractivity contribution in [1.29, 1.82) is 0 Å². The van der Waals surface area contributed by atoms with Crippen molar-refractivity contribution in [1.82, 2.24) is 15.1 Å². The monoisotopic (exact) mass is 283 g/mol. The zero-order chi connectivity index (χ0) is 15.1. The first kappa shape index (κ1) is 17.4. The number of carbonyl (C=O) groups excluding carboxylic acids is 1. The highest BCUT2D eigenvalue weighted by molar-refractivity contribution is 5.84. The number of carbonyl (C=O) groups is 1. The van der Waals surface area contributed by atoms with Crippen LogP contribution in [0, 0.1) is 5.92 Å². The standard InChI is InChI=1S/C16H33N3O/c1-6-9-14-16(20)19(15(17-14)13(4)5)12-11-18(8-3)10-7-2/h13-15,17H,6-12H2,1-5H3. The molecule has 2 atom stereocenters. The molecule has 1 saturated heterocycles. The molecule has 1 amide bonds. The Morgan fingerprint density at radius 1 is 1.20 bits per heavy atom. The quantitative estimate of drug-likeness (QED) is 0.705. The molecule has 1 aliphatic rings. The van der Waals surface area contributed by atoms with Gasteiger partial charge in [0.25, 0.3) is 0 Å². The minimum absolute atomic E-state index is 0.0358. The second-order valence-electron chi connectivity index (χ2n) is 6.16. The lowest BCUT2D eigenvalue weighted by molar-refractivity contribution is -0.130. The number of amides is 1. The third-order valence-electron chi connectivity index (χ3n) is 4.14. The van der Waals surface area contributed by atoms with Crippen LogP contribution >= 0.6 is 0 Å². The fourth-order valence-electron chi connectivity index (χ4n) is 3.00. The third-order valence-corrected chi connectivity index (χ3v) is 4.14. The Kier molecular flexibility index (Phi) is 7.52. The lowest BCUT2D eigenvalue weighted by Crippen LogP contribution is -2.45. The Bertz CT molecular complexity index is 293. The molecule has 2 unspecified atom stereocenters. The average molecular weight is 283 g/mol. The van der Waals surface area contributed by atoms with E-state index >= 15 is 0 Å². The van der Waals surface area contributed by atoms with Gasteiger partial charge in [0, 0.05) is 13.1 Å². The summed E-state index contributed by atoms with van der Waals surface area (Å²) in [6.45, 7) is 14.9. The number of nitrogens with one attached hydrogen (secondary N) is 1. The zero-order valence-corrected chi connectivity index (χ0v) is 14.0. The molecule has 0 spiro atoms. The summed E-state index contributed by atoms with van der Waals surface area (Å²) in [6.07, 6.45) is 3.38. The highest BCUT2D eigenvalue weighted by Crippen LogP contribution is 2.19. The molecule has 20 heavy (non-hydrogen) atoms. The van der Waals surface area contributed by atoms with E-state index < -0.39 is 0 Å². The van der Waals surface area contributed by atoms with Crippen molar-refractivity contribution in [3.05, 3.63) is 0 Å².